The van der Waals surface area contributed by atoms with Gasteiger partial charge >= 0.3 is 6.18 Å². The summed E-state index contributed by atoms with van der Waals surface area (Å²) in [5.74, 6) is 0. The lowest BCUT2D eigenvalue weighted by Gasteiger charge is -2.35. The van der Waals surface area contributed by atoms with Gasteiger partial charge in [-0.2, -0.15) is 13.2 Å². The topological polar surface area (TPSA) is 24.5 Å². The molecule has 1 fully saturated rings. The normalized spacial score (nSPS) is 20.2. The van der Waals surface area contributed by atoms with E-state index in [1.807, 2.05) is 11.8 Å². The molecule has 0 saturated carbocycles. The van der Waals surface area contributed by atoms with Crippen molar-refractivity contribution < 1.29 is 17.9 Å². The Morgan fingerprint density at radius 2 is 2.15 bits per heavy atom. The second kappa shape index (κ2) is 6.01. The number of hydrogen-bond donors (Lipinski definition) is 1. The molecule has 1 aliphatic rings. The van der Waals surface area contributed by atoms with E-state index in [4.69, 9.17) is 4.74 Å². The number of hydrogen-bond acceptors (Lipinski definition) is 3. The van der Waals surface area contributed by atoms with E-state index in [0.717, 1.165) is 0 Å². The van der Waals surface area contributed by atoms with E-state index in [2.05, 4.69) is 5.32 Å². The van der Waals surface area contributed by atoms with Gasteiger partial charge in [-0.25, -0.2) is 0 Å². The van der Waals surface area contributed by atoms with Gasteiger partial charge in [-0.3, -0.25) is 0 Å². The average molecular weight is 288 g/mol. The zero-order chi connectivity index (χ0) is 14.8. The SMILES string of the molecule is CNCc1ccc(N2CCOCC2C)cc1C(F)(F)F. The van der Waals surface area contributed by atoms with Crippen molar-refractivity contribution in [2.24, 2.45) is 0 Å². The second-order valence-electron chi connectivity index (χ2n) is 4.99. The van der Waals surface area contributed by atoms with Crippen molar-refractivity contribution in [2.75, 3.05) is 31.7 Å². The molecular weight excluding hydrogens is 269 g/mol. The zero-order valence-electron chi connectivity index (χ0n) is 11.6. The molecule has 3 nitrogen and oxygen atoms in total. The summed E-state index contributed by atoms with van der Waals surface area (Å²) in [6, 6.07) is 4.63. The lowest BCUT2D eigenvalue weighted by Crippen LogP contribution is -2.43. The first kappa shape index (κ1) is 15.1. The summed E-state index contributed by atoms with van der Waals surface area (Å²) in [4.78, 5) is 1.96. The van der Waals surface area contributed by atoms with Gasteiger partial charge in [0.1, 0.15) is 0 Å². The summed E-state index contributed by atoms with van der Waals surface area (Å²) in [5.41, 5.74) is 0.306. The van der Waals surface area contributed by atoms with Gasteiger partial charge in [0, 0.05) is 24.8 Å². The second-order valence-corrected chi connectivity index (χ2v) is 4.99. The third kappa shape index (κ3) is 3.24. The molecule has 1 saturated heterocycles. The highest BCUT2D eigenvalue weighted by Gasteiger charge is 2.34. The highest BCUT2D eigenvalue weighted by molar-refractivity contribution is 5.53. The fraction of sp³-hybridized carbons (Fsp3) is 0.571. The number of nitrogens with one attached hydrogen (secondary N) is 1. The molecule has 0 bridgehead atoms. The van der Waals surface area contributed by atoms with Crippen molar-refractivity contribution in [1.29, 1.82) is 0 Å². The van der Waals surface area contributed by atoms with Gasteiger partial charge in [-0.15, -0.1) is 0 Å². The molecule has 0 aromatic heterocycles. The van der Waals surface area contributed by atoms with Gasteiger partial charge in [0.05, 0.1) is 18.8 Å². The number of morpholine rings is 1. The molecule has 0 aliphatic carbocycles. The molecule has 0 radical (unpaired) electrons. The molecule has 0 spiro atoms. The molecular formula is C14H19F3N2O. The van der Waals surface area contributed by atoms with Crippen LogP contribution in [0.4, 0.5) is 18.9 Å². The summed E-state index contributed by atoms with van der Waals surface area (Å²) in [7, 11) is 1.64. The maximum atomic E-state index is 13.1. The third-order valence-electron chi connectivity index (χ3n) is 3.47. The van der Waals surface area contributed by atoms with Gasteiger partial charge in [-0.1, -0.05) is 6.07 Å². The molecule has 1 heterocycles. The molecule has 1 aromatic rings. The van der Waals surface area contributed by atoms with E-state index in [0.29, 0.717) is 25.4 Å². The van der Waals surface area contributed by atoms with E-state index >= 15 is 0 Å². The molecule has 20 heavy (non-hydrogen) atoms. The Bertz CT molecular complexity index is 462. The van der Waals surface area contributed by atoms with E-state index in [1.165, 1.54) is 6.07 Å². The van der Waals surface area contributed by atoms with Crippen LogP contribution in [0.1, 0.15) is 18.1 Å². The number of benzene rings is 1. The van der Waals surface area contributed by atoms with Crippen LogP contribution in [-0.4, -0.2) is 32.8 Å². The first-order chi connectivity index (χ1) is 9.43. The molecule has 1 aliphatic heterocycles. The summed E-state index contributed by atoms with van der Waals surface area (Å²) < 4.78 is 44.8. The van der Waals surface area contributed by atoms with Crippen molar-refractivity contribution in [3.05, 3.63) is 29.3 Å². The quantitative estimate of drug-likeness (QED) is 0.925. The Balaban J connectivity index is 2.36. The Hall–Kier alpha value is -1.27. The van der Waals surface area contributed by atoms with Gasteiger partial charge in [-0.05, 0) is 31.7 Å². The van der Waals surface area contributed by atoms with Gasteiger partial charge in [0.15, 0.2) is 0 Å². The van der Waals surface area contributed by atoms with Gasteiger partial charge in [0.2, 0.25) is 0 Å². The van der Waals surface area contributed by atoms with Crippen molar-refractivity contribution in [3.8, 4) is 0 Å². The average Bonchev–Trinajstić information content (AvgIpc) is 2.39. The highest BCUT2D eigenvalue weighted by atomic mass is 19.4. The predicted octanol–water partition coefficient (Wildman–Crippen LogP) is 2.65. The van der Waals surface area contributed by atoms with Crippen molar-refractivity contribution in [2.45, 2.75) is 25.7 Å². The Morgan fingerprint density at radius 1 is 1.40 bits per heavy atom. The lowest BCUT2D eigenvalue weighted by molar-refractivity contribution is -0.138. The lowest BCUT2D eigenvalue weighted by atomic mass is 10.0. The largest absolute Gasteiger partial charge is 0.416 e. The first-order valence-corrected chi connectivity index (χ1v) is 6.62. The molecule has 2 rings (SSSR count). The fourth-order valence-electron chi connectivity index (χ4n) is 2.46. The number of rotatable bonds is 3. The number of alkyl halides is 3. The van der Waals surface area contributed by atoms with Crippen LogP contribution in [0, 0.1) is 0 Å². The Morgan fingerprint density at radius 3 is 2.75 bits per heavy atom. The van der Waals surface area contributed by atoms with Crippen LogP contribution in [0.2, 0.25) is 0 Å². The van der Waals surface area contributed by atoms with Crippen molar-refractivity contribution in [3.63, 3.8) is 0 Å². The van der Waals surface area contributed by atoms with Gasteiger partial charge in [0.25, 0.3) is 0 Å². The van der Waals surface area contributed by atoms with Crippen LogP contribution in [-0.2, 0) is 17.5 Å². The third-order valence-corrected chi connectivity index (χ3v) is 3.47. The van der Waals surface area contributed by atoms with Crippen molar-refractivity contribution >= 4 is 5.69 Å². The van der Waals surface area contributed by atoms with Crippen LogP contribution >= 0.6 is 0 Å². The molecule has 112 valence electrons. The summed E-state index contributed by atoms with van der Waals surface area (Å²) in [6.45, 7) is 3.86. The number of anilines is 1. The summed E-state index contributed by atoms with van der Waals surface area (Å²) in [5, 5.41) is 2.77. The van der Waals surface area contributed by atoms with E-state index in [9.17, 15) is 13.2 Å². The van der Waals surface area contributed by atoms with Crippen LogP contribution < -0.4 is 10.2 Å². The summed E-state index contributed by atoms with van der Waals surface area (Å²) >= 11 is 0. The minimum atomic E-state index is -4.34. The van der Waals surface area contributed by atoms with E-state index in [-0.39, 0.29) is 18.2 Å². The molecule has 1 aromatic carbocycles. The maximum absolute atomic E-state index is 13.1. The van der Waals surface area contributed by atoms with Gasteiger partial charge < -0.3 is 15.0 Å². The standard InChI is InChI=1S/C14H19F3N2O/c1-10-9-20-6-5-19(10)12-4-3-11(8-18-2)13(7-12)14(15,16)17/h3-4,7,10,18H,5-6,8-9H2,1-2H3. The number of nitrogens with zero attached hydrogens (tertiary/aromatic N) is 1. The maximum Gasteiger partial charge on any atom is 0.416 e. The smallest absolute Gasteiger partial charge is 0.377 e. The number of halogens is 3. The Labute approximate surface area is 116 Å². The fourth-order valence-corrected chi connectivity index (χ4v) is 2.46. The van der Waals surface area contributed by atoms with Crippen LogP contribution in [0.25, 0.3) is 0 Å². The molecule has 6 heteroatoms. The first-order valence-electron chi connectivity index (χ1n) is 6.62. The molecule has 1 unspecified atom stereocenters. The minimum absolute atomic E-state index is 0.0833. The highest BCUT2D eigenvalue weighted by Crippen LogP contribution is 2.35. The predicted molar refractivity (Wildman–Crippen MR) is 71.8 cm³/mol. The zero-order valence-corrected chi connectivity index (χ0v) is 11.6. The Kier molecular flexibility index (Phi) is 4.55. The number of ether oxygens (including phenoxy) is 1. The van der Waals surface area contributed by atoms with E-state index in [1.54, 1.807) is 19.2 Å². The van der Waals surface area contributed by atoms with Crippen LogP contribution in [0.15, 0.2) is 18.2 Å². The molecule has 0 amide bonds. The van der Waals surface area contributed by atoms with Crippen LogP contribution in [0.5, 0.6) is 0 Å². The van der Waals surface area contributed by atoms with E-state index < -0.39 is 11.7 Å². The molecule has 1 N–H and O–H groups in total. The minimum Gasteiger partial charge on any atom is -0.377 e. The summed E-state index contributed by atoms with van der Waals surface area (Å²) in [6.07, 6.45) is -4.34. The van der Waals surface area contributed by atoms with Crippen LogP contribution in [0.3, 0.4) is 0 Å². The molecule has 1 atom stereocenters. The monoisotopic (exact) mass is 288 g/mol. The van der Waals surface area contributed by atoms with Crippen molar-refractivity contribution in [1.82, 2.24) is 5.32 Å².